The van der Waals surface area contributed by atoms with E-state index in [9.17, 15) is 15.0 Å². The Morgan fingerprint density at radius 2 is 1.67 bits per heavy atom. The van der Waals surface area contributed by atoms with Crippen LogP contribution < -0.4 is 10.6 Å². The van der Waals surface area contributed by atoms with Crippen molar-refractivity contribution in [2.75, 3.05) is 18.4 Å². The number of nitrogens with zero attached hydrogens (tertiary/aromatic N) is 4. The third kappa shape index (κ3) is 4.53. The van der Waals surface area contributed by atoms with E-state index in [0.717, 1.165) is 0 Å². The number of ether oxygens (including phenoxy) is 1. The van der Waals surface area contributed by atoms with Gasteiger partial charge in [0.2, 0.25) is 0 Å². The van der Waals surface area contributed by atoms with Gasteiger partial charge in [0.05, 0.1) is 6.33 Å². The molecule has 4 N–H and O–H groups in total. The van der Waals surface area contributed by atoms with Gasteiger partial charge in [-0.2, -0.15) is 0 Å². The van der Waals surface area contributed by atoms with Gasteiger partial charge in [0.15, 0.2) is 29.3 Å². The SMILES string of the molecule is CCNC(=O)[C@H]1O[C@@H](n2cnc3c(NCC(c4ccccc4)c4ccccc4)ncnc32)[C@H](O)[C@@H]1O. The number of rotatable bonds is 8. The lowest BCUT2D eigenvalue weighted by molar-refractivity contribution is -0.137. The van der Waals surface area contributed by atoms with Crippen LogP contribution >= 0.6 is 0 Å². The number of amides is 1. The summed E-state index contributed by atoms with van der Waals surface area (Å²) in [6.45, 7) is 2.71. The Kier molecular flexibility index (Phi) is 6.90. The molecule has 0 bridgehead atoms. The van der Waals surface area contributed by atoms with Gasteiger partial charge in [-0.1, -0.05) is 60.7 Å². The van der Waals surface area contributed by atoms with Crippen molar-refractivity contribution in [3.8, 4) is 0 Å². The molecule has 3 heterocycles. The van der Waals surface area contributed by atoms with Crippen LogP contribution in [0.1, 0.15) is 30.2 Å². The molecule has 10 nitrogen and oxygen atoms in total. The van der Waals surface area contributed by atoms with Gasteiger partial charge in [-0.05, 0) is 18.1 Å². The first-order valence-corrected chi connectivity index (χ1v) is 11.9. The molecular weight excluding hydrogens is 460 g/mol. The van der Waals surface area contributed by atoms with Crippen molar-refractivity contribution < 1.29 is 19.7 Å². The lowest BCUT2D eigenvalue weighted by Gasteiger charge is -2.19. The highest BCUT2D eigenvalue weighted by Gasteiger charge is 2.47. The van der Waals surface area contributed by atoms with Gasteiger partial charge in [0.1, 0.15) is 18.5 Å². The van der Waals surface area contributed by atoms with E-state index in [1.165, 1.54) is 28.3 Å². The maximum Gasteiger partial charge on any atom is 0.252 e. The van der Waals surface area contributed by atoms with Crippen LogP contribution in [0.15, 0.2) is 73.3 Å². The molecule has 0 radical (unpaired) electrons. The minimum atomic E-state index is -1.38. The number of hydrogen-bond acceptors (Lipinski definition) is 8. The Labute approximate surface area is 208 Å². The van der Waals surface area contributed by atoms with E-state index in [-0.39, 0.29) is 5.92 Å². The van der Waals surface area contributed by atoms with Crippen LogP contribution in [0.25, 0.3) is 11.2 Å². The minimum Gasteiger partial charge on any atom is -0.387 e. The second-order valence-corrected chi connectivity index (χ2v) is 8.62. The molecule has 0 aliphatic carbocycles. The maximum atomic E-state index is 12.2. The summed E-state index contributed by atoms with van der Waals surface area (Å²) in [6, 6.07) is 20.4. The molecule has 1 aliphatic rings. The van der Waals surface area contributed by atoms with Gasteiger partial charge in [0.25, 0.3) is 5.91 Å². The average molecular weight is 489 g/mol. The molecule has 4 atom stereocenters. The largest absolute Gasteiger partial charge is 0.387 e. The molecule has 2 aromatic carbocycles. The summed E-state index contributed by atoms with van der Waals surface area (Å²) in [5, 5.41) is 27.0. The number of benzene rings is 2. The Balaban J connectivity index is 1.40. The summed E-state index contributed by atoms with van der Waals surface area (Å²) in [5.41, 5.74) is 3.24. The minimum absolute atomic E-state index is 0.0764. The van der Waals surface area contributed by atoms with Crippen molar-refractivity contribution in [1.29, 1.82) is 0 Å². The second kappa shape index (κ2) is 10.4. The molecule has 0 spiro atoms. The van der Waals surface area contributed by atoms with Crippen molar-refractivity contribution in [3.63, 3.8) is 0 Å². The van der Waals surface area contributed by atoms with Crippen molar-refractivity contribution in [3.05, 3.63) is 84.4 Å². The molecule has 1 fully saturated rings. The van der Waals surface area contributed by atoms with Crippen molar-refractivity contribution >= 4 is 22.9 Å². The summed E-state index contributed by atoms with van der Waals surface area (Å²) in [6.07, 6.45) is -2.06. The van der Waals surface area contributed by atoms with Crippen molar-refractivity contribution in [2.24, 2.45) is 0 Å². The fraction of sp³-hybridized carbons (Fsp3) is 0.308. The van der Waals surface area contributed by atoms with Crippen LogP contribution in [0.2, 0.25) is 0 Å². The lowest BCUT2D eigenvalue weighted by atomic mass is 9.91. The molecule has 1 amide bonds. The van der Waals surface area contributed by atoms with E-state index in [1.807, 2.05) is 36.4 Å². The first-order valence-electron chi connectivity index (χ1n) is 11.9. The first-order chi connectivity index (χ1) is 17.6. The fourth-order valence-corrected chi connectivity index (χ4v) is 4.55. The number of imidazole rings is 1. The molecule has 0 saturated carbocycles. The zero-order valence-corrected chi connectivity index (χ0v) is 19.7. The molecule has 1 saturated heterocycles. The Morgan fingerprint density at radius 1 is 1.00 bits per heavy atom. The van der Waals surface area contributed by atoms with Crippen LogP contribution in [0, 0.1) is 0 Å². The molecule has 10 heteroatoms. The van der Waals surface area contributed by atoms with E-state index < -0.39 is 30.4 Å². The highest BCUT2D eigenvalue weighted by Crippen LogP contribution is 2.33. The zero-order valence-electron chi connectivity index (χ0n) is 19.7. The van der Waals surface area contributed by atoms with Crippen LogP contribution in [0.3, 0.4) is 0 Å². The molecule has 2 aromatic heterocycles. The average Bonchev–Trinajstić information content (AvgIpc) is 3.47. The van der Waals surface area contributed by atoms with Gasteiger partial charge < -0.3 is 25.6 Å². The Bertz CT molecular complexity index is 1280. The van der Waals surface area contributed by atoms with E-state index in [4.69, 9.17) is 4.74 Å². The van der Waals surface area contributed by atoms with E-state index in [2.05, 4.69) is 49.9 Å². The number of hydrogen-bond donors (Lipinski definition) is 4. The van der Waals surface area contributed by atoms with Crippen LogP contribution in [0.4, 0.5) is 5.82 Å². The zero-order chi connectivity index (χ0) is 25.1. The molecule has 4 aromatic rings. The predicted octanol–water partition coefficient (Wildman–Crippen LogP) is 1.83. The highest BCUT2D eigenvalue weighted by molar-refractivity contribution is 5.83. The molecule has 36 heavy (non-hydrogen) atoms. The summed E-state index contributed by atoms with van der Waals surface area (Å²) in [4.78, 5) is 25.4. The number of likely N-dealkylation sites (N-methyl/N-ethyl adjacent to an activating group) is 1. The Morgan fingerprint density at radius 3 is 2.31 bits per heavy atom. The van der Waals surface area contributed by atoms with Gasteiger partial charge in [-0.25, -0.2) is 15.0 Å². The summed E-state index contributed by atoms with van der Waals surface area (Å²) in [5.74, 6) is 0.122. The quantitative estimate of drug-likeness (QED) is 0.295. The molecule has 5 rings (SSSR count). The molecular formula is C26H28N6O4. The van der Waals surface area contributed by atoms with E-state index >= 15 is 0 Å². The second-order valence-electron chi connectivity index (χ2n) is 8.62. The summed E-state index contributed by atoms with van der Waals surface area (Å²) in [7, 11) is 0. The number of anilines is 1. The lowest BCUT2D eigenvalue weighted by Crippen LogP contribution is -2.42. The summed E-state index contributed by atoms with van der Waals surface area (Å²) >= 11 is 0. The van der Waals surface area contributed by atoms with Crippen LogP contribution in [-0.2, 0) is 9.53 Å². The van der Waals surface area contributed by atoms with Crippen molar-refractivity contribution in [2.45, 2.75) is 37.4 Å². The number of carbonyl (C=O) groups is 1. The summed E-state index contributed by atoms with van der Waals surface area (Å²) < 4.78 is 7.25. The number of aliphatic hydroxyl groups is 2. The Hall–Kier alpha value is -3.86. The predicted molar refractivity (Wildman–Crippen MR) is 133 cm³/mol. The number of fused-ring (bicyclic) bond motifs is 1. The number of nitrogens with one attached hydrogen (secondary N) is 2. The normalized spacial score (nSPS) is 21.7. The third-order valence-electron chi connectivity index (χ3n) is 6.36. The maximum absolute atomic E-state index is 12.2. The molecule has 186 valence electrons. The van der Waals surface area contributed by atoms with E-state index in [0.29, 0.717) is 30.1 Å². The topological polar surface area (TPSA) is 134 Å². The van der Waals surface area contributed by atoms with E-state index in [1.54, 1.807) is 6.92 Å². The number of carbonyl (C=O) groups excluding carboxylic acids is 1. The highest BCUT2D eigenvalue weighted by atomic mass is 16.6. The van der Waals surface area contributed by atoms with Gasteiger partial charge in [0, 0.05) is 19.0 Å². The van der Waals surface area contributed by atoms with Crippen LogP contribution in [0.5, 0.6) is 0 Å². The third-order valence-corrected chi connectivity index (χ3v) is 6.36. The first kappa shape index (κ1) is 23.9. The van der Waals surface area contributed by atoms with Gasteiger partial charge in [-0.15, -0.1) is 0 Å². The molecule has 0 unspecified atom stereocenters. The monoisotopic (exact) mass is 488 g/mol. The standard InChI is InChI=1S/C26H28N6O4/c1-2-27-25(35)22-20(33)21(34)26(36-22)32-15-31-19-23(29-14-30-24(19)32)28-13-18(16-9-5-3-6-10-16)17-11-7-4-8-12-17/h3-12,14-15,18,20-22,26,33-34H,2,13H2,1H3,(H,27,35)(H,28,29,30)/t20-,21+,22-,26+/m0/s1. The number of aliphatic hydroxyl groups excluding tert-OH is 2. The van der Waals surface area contributed by atoms with Crippen molar-refractivity contribution in [1.82, 2.24) is 24.8 Å². The van der Waals surface area contributed by atoms with Gasteiger partial charge in [-0.3, -0.25) is 9.36 Å². The number of aromatic nitrogens is 4. The van der Waals surface area contributed by atoms with Gasteiger partial charge >= 0.3 is 0 Å². The fourth-order valence-electron chi connectivity index (χ4n) is 4.55. The molecule has 1 aliphatic heterocycles. The smallest absolute Gasteiger partial charge is 0.252 e. The van der Waals surface area contributed by atoms with Crippen LogP contribution in [-0.4, -0.2) is 67.0 Å².